The van der Waals surface area contributed by atoms with Gasteiger partial charge in [0.1, 0.15) is 0 Å². The fourth-order valence-corrected chi connectivity index (χ4v) is 3.24. The van der Waals surface area contributed by atoms with Gasteiger partial charge in [0.05, 0.1) is 0 Å². The van der Waals surface area contributed by atoms with Gasteiger partial charge < -0.3 is 14.4 Å². The van der Waals surface area contributed by atoms with E-state index in [4.69, 9.17) is 0 Å². The van der Waals surface area contributed by atoms with Crippen molar-refractivity contribution in [2.75, 3.05) is 0 Å². The summed E-state index contributed by atoms with van der Waals surface area (Å²) in [5, 5.41) is 0. The van der Waals surface area contributed by atoms with Crippen molar-refractivity contribution < 1.29 is 14.4 Å². The minimum Gasteiger partial charge on any atom is -0.811 e. The second-order valence-corrected chi connectivity index (χ2v) is 6.44. The molecule has 0 aromatic carbocycles. The summed E-state index contributed by atoms with van der Waals surface area (Å²) in [6, 6.07) is 0. The lowest BCUT2D eigenvalue weighted by Crippen LogP contribution is -2.28. The normalized spacial score (nSPS) is 16.1. The molecule has 0 aliphatic heterocycles. The third-order valence-corrected chi connectivity index (χ3v) is 4.58. The summed E-state index contributed by atoms with van der Waals surface area (Å²) < 4.78 is 11.1. The monoisotopic (exact) mass is 248 g/mol. The van der Waals surface area contributed by atoms with Gasteiger partial charge in [-0.2, -0.15) is 0 Å². The van der Waals surface area contributed by atoms with Crippen LogP contribution >= 0.6 is 7.60 Å². The Labute approximate surface area is 99.8 Å². The third kappa shape index (κ3) is 6.67. The van der Waals surface area contributed by atoms with Gasteiger partial charge in [-0.25, -0.2) is 0 Å². The smallest absolute Gasteiger partial charge is 0.0131 e. The maximum atomic E-state index is 11.1. The van der Waals surface area contributed by atoms with Gasteiger partial charge in [-0.05, 0) is 24.4 Å². The molecule has 0 spiro atoms. The van der Waals surface area contributed by atoms with Crippen LogP contribution in [0.15, 0.2) is 0 Å². The molecule has 0 radical (unpaired) electrons. The molecule has 0 heterocycles. The van der Waals surface area contributed by atoms with Crippen molar-refractivity contribution in [3.63, 3.8) is 0 Å². The Balaban J connectivity index is 4.29. The molecule has 0 aromatic heterocycles. The molecule has 0 fully saturated rings. The Hall–Kier alpha value is 0.150. The predicted octanol–water partition coefficient (Wildman–Crippen LogP) is 2.68. The summed E-state index contributed by atoms with van der Waals surface area (Å²) in [4.78, 5) is 22.2. The lowest BCUT2D eigenvalue weighted by Gasteiger charge is -2.40. The Bertz CT molecular complexity index is 212. The van der Waals surface area contributed by atoms with E-state index in [2.05, 4.69) is 13.8 Å². The van der Waals surface area contributed by atoms with E-state index in [1.54, 1.807) is 0 Å². The van der Waals surface area contributed by atoms with Gasteiger partial charge in [-0.15, -0.1) is 0 Å². The van der Waals surface area contributed by atoms with Gasteiger partial charge in [0.25, 0.3) is 0 Å². The van der Waals surface area contributed by atoms with E-state index in [-0.39, 0.29) is 0 Å². The average molecular weight is 248 g/mol. The van der Waals surface area contributed by atoms with Crippen LogP contribution in [0.1, 0.15) is 65.7 Å². The molecule has 0 saturated heterocycles. The molecule has 0 saturated carbocycles. The highest BCUT2D eigenvalue weighted by molar-refractivity contribution is 7.49. The van der Waals surface area contributed by atoms with Crippen LogP contribution in [0.3, 0.4) is 0 Å². The summed E-state index contributed by atoms with van der Waals surface area (Å²) >= 11 is 0. The van der Waals surface area contributed by atoms with E-state index >= 15 is 0 Å². The lowest BCUT2D eigenvalue weighted by atomic mass is 9.93. The first kappa shape index (κ1) is 16.1. The molecule has 0 aliphatic rings. The molecule has 0 rings (SSSR count). The van der Waals surface area contributed by atoms with Gasteiger partial charge in [-0.3, -0.25) is 0 Å². The summed E-state index contributed by atoms with van der Waals surface area (Å²) in [5.41, 5.74) is -0.640. The van der Waals surface area contributed by atoms with Gasteiger partial charge in [0.15, 0.2) is 0 Å². The number of rotatable bonds is 9. The second kappa shape index (κ2) is 8.27. The maximum Gasteiger partial charge on any atom is -0.0131 e. The Kier molecular flexibility index (Phi) is 8.35. The highest BCUT2D eigenvalue weighted by Crippen LogP contribution is 2.40. The fourth-order valence-electron chi connectivity index (χ4n) is 2.10. The molecule has 0 amide bonds. The van der Waals surface area contributed by atoms with Crippen LogP contribution in [-0.2, 0) is 4.57 Å². The van der Waals surface area contributed by atoms with E-state index in [0.717, 1.165) is 32.1 Å². The van der Waals surface area contributed by atoms with Crippen molar-refractivity contribution in [3.8, 4) is 0 Å². The largest absolute Gasteiger partial charge is 0.811 e. The van der Waals surface area contributed by atoms with Crippen LogP contribution in [0.2, 0.25) is 0 Å². The number of hydrogen-bond acceptors (Lipinski definition) is 3. The van der Waals surface area contributed by atoms with Crippen LogP contribution in [0.5, 0.6) is 0 Å². The SMILES string of the molecule is CCCCC(CC)CC(CCC)P(=O)([O-])[O-]. The molecular weight excluding hydrogens is 223 g/mol. The highest BCUT2D eigenvalue weighted by atomic mass is 31.2. The first-order valence-electron chi connectivity index (χ1n) is 6.47. The zero-order valence-corrected chi connectivity index (χ0v) is 11.7. The zero-order chi connectivity index (χ0) is 12.6. The quantitative estimate of drug-likeness (QED) is 0.589. The zero-order valence-electron chi connectivity index (χ0n) is 10.8. The first-order chi connectivity index (χ1) is 7.45. The summed E-state index contributed by atoms with van der Waals surface area (Å²) in [5.74, 6) is 0.396. The van der Waals surface area contributed by atoms with E-state index in [1.807, 2.05) is 6.92 Å². The molecule has 0 aliphatic carbocycles. The van der Waals surface area contributed by atoms with Crippen molar-refractivity contribution in [3.05, 3.63) is 0 Å². The standard InChI is InChI=1S/C12H27O3P/c1-4-7-9-11(6-3)10-12(8-5-2)16(13,14)15/h11-12H,4-10H2,1-3H3,(H2,13,14,15)/p-2. The van der Waals surface area contributed by atoms with E-state index in [0.29, 0.717) is 18.8 Å². The molecule has 98 valence electrons. The predicted molar refractivity (Wildman–Crippen MR) is 64.2 cm³/mol. The highest BCUT2D eigenvalue weighted by Gasteiger charge is 2.17. The topological polar surface area (TPSA) is 63.2 Å². The van der Waals surface area contributed by atoms with Crippen LogP contribution in [-0.4, -0.2) is 5.66 Å². The Morgan fingerprint density at radius 2 is 1.69 bits per heavy atom. The molecule has 2 atom stereocenters. The average Bonchev–Trinajstić information content (AvgIpc) is 2.21. The molecule has 4 heteroatoms. The molecular formula is C12H25O3P-2. The minimum absolute atomic E-state index is 0.396. The summed E-state index contributed by atoms with van der Waals surface area (Å²) in [6.07, 6.45) is 6.12. The molecule has 2 unspecified atom stereocenters. The van der Waals surface area contributed by atoms with Gasteiger partial charge in [-0.1, -0.05) is 60.5 Å². The van der Waals surface area contributed by atoms with E-state index in [1.165, 1.54) is 0 Å². The summed E-state index contributed by atoms with van der Waals surface area (Å²) in [7, 11) is -4.39. The van der Waals surface area contributed by atoms with Crippen LogP contribution in [0.4, 0.5) is 0 Å². The van der Waals surface area contributed by atoms with E-state index < -0.39 is 13.3 Å². The molecule has 0 bridgehead atoms. The Morgan fingerprint density at radius 1 is 1.06 bits per heavy atom. The molecule has 0 N–H and O–H groups in total. The van der Waals surface area contributed by atoms with Crippen molar-refractivity contribution in [1.29, 1.82) is 0 Å². The number of unbranched alkanes of at least 4 members (excludes halogenated alkanes) is 1. The van der Waals surface area contributed by atoms with Gasteiger partial charge in [0, 0.05) is 0 Å². The van der Waals surface area contributed by atoms with Crippen LogP contribution in [0, 0.1) is 5.92 Å². The fraction of sp³-hybridized carbons (Fsp3) is 1.00. The molecule has 16 heavy (non-hydrogen) atoms. The maximum absolute atomic E-state index is 11.1. The van der Waals surface area contributed by atoms with Gasteiger partial charge in [0.2, 0.25) is 0 Å². The molecule has 3 nitrogen and oxygen atoms in total. The Morgan fingerprint density at radius 3 is 2.06 bits per heavy atom. The van der Waals surface area contributed by atoms with Gasteiger partial charge >= 0.3 is 0 Å². The second-order valence-electron chi connectivity index (χ2n) is 4.63. The van der Waals surface area contributed by atoms with Crippen molar-refractivity contribution in [1.82, 2.24) is 0 Å². The minimum atomic E-state index is -4.39. The number of hydrogen-bond donors (Lipinski definition) is 0. The first-order valence-corrected chi connectivity index (χ1v) is 8.08. The van der Waals surface area contributed by atoms with Crippen molar-refractivity contribution in [2.45, 2.75) is 71.4 Å². The van der Waals surface area contributed by atoms with Crippen LogP contribution < -0.4 is 9.79 Å². The third-order valence-electron chi connectivity index (χ3n) is 3.22. The summed E-state index contributed by atoms with van der Waals surface area (Å²) in [6.45, 7) is 6.13. The van der Waals surface area contributed by atoms with Crippen molar-refractivity contribution >= 4 is 7.60 Å². The molecule has 0 aromatic rings. The van der Waals surface area contributed by atoms with Crippen LogP contribution in [0.25, 0.3) is 0 Å². The van der Waals surface area contributed by atoms with Crippen molar-refractivity contribution in [2.24, 2.45) is 5.92 Å². The van der Waals surface area contributed by atoms with E-state index in [9.17, 15) is 14.4 Å². The lowest BCUT2D eigenvalue weighted by molar-refractivity contribution is -0.317.